The molecule has 0 amide bonds. The topological polar surface area (TPSA) is 69.8 Å². The molecule has 0 saturated carbocycles. The minimum Gasteiger partial charge on any atom is -0.464 e. The average molecular weight is 315 g/mol. The third-order valence-corrected chi connectivity index (χ3v) is 3.58. The first kappa shape index (κ1) is 17.1. The van der Waals surface area contributed by atoms with Crippen LogP contribution in [0, 0.1) is 6.92 Å². The smallest absolute Gasteiger partial charge is 0.192 e. The van der Waals surface area contributed by atoms with Crippen LogP contribution in [0.25, 0.3) is 0 Å². The molecule has 0 bridgehead atoms. The number of benzene rings is 1. The zero-order valence-electron chi connectivity index (χ0n) is 14.0. The largest absolute Gasteiger partial charge is 0.464 e. The Morgan fingerprint density at radius 3 is 2.57 bits per heavy atom. The first-order valence-corrected chi connectivity index (χ1v) is 7.92. The summed E-state index contributed by atoms with van der Waals surface area (Å²) in [5.41, 5.74) is 1.93. The monoisotopic (exact) mass is 315 g/mol. The van der Waals surface area contributed by atoms with Crippen LogP contribution in [-0.2, 0) is 13.2 Å². The molecule has 0 saturated heterocycles. The van der Waals surface area contributed by atoms with E-state index in [1.165, 1.54) is 0 Å². The maximum Gasteiger partial charge on any atom is 0.192 e. The van der Waals surface area contributed by atoms with E-state index in [2.05, 4.69) is 15.6 Å². The lowest BCUT2D eigenvalue weighted by molar-refractivity contribution is 0.280. The van der Waals surface area contributed by atoms with Crippen LogP contribution in [0.1, 0.15) is 42.5 Å². The van der Waals surface area contributed by atoms with E-state index in [-0.39, 0.29) is 12.6 Å². The van der Waals surface area contributed by atoms with E-state index in [4.69, 9.17) is 4.42 Å². The highest BCUT2D eigenvalue weighted by Crippen LogP contribution is 2.15. The summed E-state index contributed by atoms with van der Waals surface area (Å²) in [5, 5.41) is 16.0. The van der Waals surface area contributed by atoms with Gasteiger partial charge in [0, 0.05) is 6.54 Å². The van der Waals surface area contributed by atoms with E-state index in [0.29, 0.717) is 6.54 Å². The molecule has 2 rings (SSSR count). The molecular formula is C18H25N3O2. The highest BCUT2D eigenvalue weighted by molar-refractivity contribution is 5.80. The highest BCUT2D eigenvalue weighted by atomic mass is 16.3. The number of aliphatic hydroxyl groups is 1. The Hall–Kier alpha value is -2.27. The van der Waals surface area contributed by atoms with Crippen molar-refractivity contribution in [3.63, 3.8) is 0 Å². The Labute approximate surface area is 137 Å². The Morgan fingerprint density at radius 1 is 1.22 bits per heavy atom. The fourth-order valence-corrected chi connectivity index (χ4v) is 2.31. The highest BCUT2D eigenvalue weighted by Gasteiger charge is 2.11. The van der Waals surface area contributed by atoms with Gasteiger partial charge in [-0.2, -0.15) is 0 Å². The molecule has 0 radical (unpaired) electrons. The van der Waals surface area contributed by atoms with Gasteiger partial charge in [-0.15, -0.1) is 0 Å². The van der Waals surface area contributed by atoms with Crippen molar-refractivity contribution < 1.29 is 9.52 Å². The van der Waals surface area contributed by atoms with Crippen molar-refractivity contribution in [3.8, 4) is 0 Å². The predicted molar refractivity (Wildman–Crippen MR) is 92.2 cm³/mol. The average Bonchev–Trinajstić information content (AvgIpc) is 2.99. The lowest BCUT2D eigenvalue weighted by Crippen LogP contribution is -2.38. The second-order valence-corrected chi connectivity index (χ2v) is 5.44. The lowest BCUT2D eigenvalue weighted by Gasteiger charge is -2.16. The summed E-state index contributed by atoms with van der Waals surface area (Å²) in [6, 6.07) is 11.7. The molecule has 5 heteroatoms. The van der Waals surface area contributed by atoms with Crippen LogP contribution >= 0.6 is 0 Å². The number of hydrogen-bond donors (Lipinski definition) is 3. The second-order valence-electron chi connectivity index (χ2n) is 5.44. The zero-order chi connectivity index (χ0) is 16.7. The minimum absolute atomic E-state index is 0.0228. The molecule has 5 nitrogen and oxygen atoms in total. The molecule has 0 aliphatic rings. The maximum absolute atomic E-state index is 9.39. The van der Waals surface area contributed by atoms with E-state index >= 15 is 0 Å². The molecule has 124 valence electrons. The van der Waals surface area contributed by atoms with Crippen molar-refractivity contribution in [1.82, 2.24) is 10.6 Å². The zero-order valence-corrected chi connectivity index (χ0v) is 14.0. The van der Waals surface area contributed by atoms with Gasteiger partial charge in [-0.25, -0.2) is 4.99 Å². The number of rotatable bonds is 6. The van der Waals surface area contributed by atoms with Crippen LogP contribution < -0.4 is 10.6 Å². The van der Waals surface area contributed by atoms with Crippen molar-refractivity contribution in [2.24, 2.45) is 4.99 Å². The molecule has 0 aliphatic carbocycles. The number of hydrogen-bond acceptors (Lipinski definition) is 3. The van der Waals surface area contributed by atoms with E-state index < -0.39 is 0 Å². The van der Waals surface area contributed by atoms with Gasteiger partial charge in [-0.1, -0.05) is 24.3 Å². The number of nitrogens with zero attached hydrogens (tertiary/aromatic N) is 1. The molecular weight excluding hydrogens is 290 g/mol. The summed E-state index contributed by atoms with van der Waals surface area (Å²) in [5.74, 6) is 2.50. The number of furan rings is 1. The van der Waals surface area contributed by atoms with Gasteiger partial charge in [0.05, 0.1) is 19.2 Å². The van der Waals surface area contributed by atoms with Crippen molar-refractivity contribution >= 4 is 5.96 Å². The summed E-state index contributed by atoms with van der Waals surface area (Å²) in [6.45, 7) is 7.31. The Morgan fingerprint density at radius 2 is 1.96 bits per heavy atom. The first-order chi connectivity index (χ1) is 11.1. The van der Waals surface area contributed by atoms with Gasteiger partial charge in [-0.05, 0) is 44.0 Å². The molecule has 2 aromatic rings. The van der Waals surface area contributed by atoms with Gasteiger partial charge in [0.1, 0.15) is 11.5 Å². The maximum atomic E-state index is 9.39. The van der Waals surface area contributed by atoms with Crippen molar-refractivity contribution in [1.29, 1.82) is 0 Å². The molecule has 1 aromatic heterocycles. The summed E-state index contributed by atoms with van der Waals surface area (Å²) >= 11 is 0. The van der Waals surface area contributed by atoms with Gasteiger partial charge in [-0.3, -0.25) is 0 Å². The Bertz CT molecular complexity index is 649. The molecule has 23 heavy (non-hydrogen) atoms. The number of nitrogens with one attached hydrogen (secondary N) is 2. The number of aliphatic hydroxyl groups excluding tert-OH is 1. The van der Waals surface area contributed by atoms with Crippen LogP contribution in [0.3, 0.4) is 0 Å². The quantitative estimate of drug-likeness (QED) is 0.566. The Balaban J connectivity index is 2.07. The van der Waals surface area contributed by atoms with E-state index in [9.17, 15) is 5.11 Å². The van der Waals surface area contributed by atoms with Crippen molar-refractivity contribution in [2.75, 3.05) is 6.54 Å². The number of aryl methyl sites for hydroxylation is 1. The van der Waals surface area contributed by atoms with Crippen LogP contribution in [0.2, 0.25) is 0 Å². The van der Waals surface area contributed by atoms with Gasteiger partial charge >= 0.3 is 0 Å². The summed E-state index contributed by atoms with van der Waals surface area (Å²) in [6.07, 6.45) is 0. The van der Waals surface area contributed by atoms with Crippen molar-refractivity contribution in [3.05, 3.63) is 59.0 Å². The summed E-state index contributed by atoms with van der Waals surface area (Å²) in [7, 11) is 0. The predicted octanol–water partition coefficient (Wildman–Crippen LogP) is 2.90. The van der Waals surface area contributed by atoms with Gasteiger partial charge in [0.15, 0.2) is 5.96 Å². The minimum atomic E-state index is 0.0228. The SMILES string of the molecule is CCNC(=NCc1ccccc1CO)NC(C)c1ccc(C)o1. The molecule has 0 fully saturated rings. The molecule has 1 unspecified atom stereocenters. The fraction of sp³-hybridized carbons (Fsp3) is 0.389. The number of aliphatic imine (C=N–C) groups is 1. The van der Waals surface area contributed by atoms with Crippen LogP contribution in [0.4, 0.5) is 0 Å². The third kappa shape index (κ3) is 4.86. The normalized spacial score (nSPS) is 13.0. The second kappa shape index (κ2) is 8.39. The fourth-order valence-electron chi connectivity index (χ4n) is 2.31. The van der Waals surface area contributed by atoms with Gasteiger partial charge in [0.2, 0.25) is 0 Å². The van der Waals surface area contributed by atoms with Crippen LogP contribution in [0.5, 0.6) is 0 Å². The summed E-state index contributed by atoms with van der Waals surface area (Å²) in [4.78, 5) is 4.61. The molecule has 1 heterocycles. The molecule has 0 spiro atoms. The summed E-state index contributed by atoms with van der Waals surface area (Å²) < 4.78 is 5.65. The van der Waals surface area contributed by atoms with E-state index in [1.54, 1.807) is 0 Å². The van der Waals surface area contributed by atoms with Crippen molar-refractivity contribution in [2.45, 2.75) is 40.0 Å². The molecule has 1 atom stereocenters. The standard InChI is InChI=1S/C18H25N3O2/c1-4-19-18(21-14(3)17-10-9-13(2)23-17)20-11-15-7-5-6-8-16(15)12-22/h5-10,14,22H,4,11-12H2,1-3H3,(H2,19,20,21). The number of guanidine groups is 1. The first-order valence-electron chi connectivity index (χ1n) is 7.92. The molecule has 1 aromatic carbocycles. The molecule has 0 aliphatic heterocycles. The van der Waals surface area contributed by atoms with Gasteiger partial charge < -0.3 is 20.2 Å². The van der Waals surface area contributed by atoms with Crippen LogP contribution in [0.15, 0.2) is 45.8 Å². The van der Waals surface area contributed by atoms with E-state index in [0.717, 1.165) is 35.2 Å². The van der Waals surface area contributed by atoms with Crippen LogP contribution in [-0.4, -0.2) is 17.6 Å². The molecule has 3 N–H and O–H groups in total. The Kier molecular flexibility index (Phi) is 6.23. The van der Waals surface area contributed by atoms with E-state index in [1.807, 2.05) is 57.2 Å². The lowest BCUT2D eigenvalue weighted by atomic mass is 10.1. The van der Waals surface area contributed by atoms with Gasteiger partial charge in [0.25, 0.3) is 0 Å². The third-order valence-electron chi connectivity index (χ3n) is 3.58.